The summed E-state index contributed by atoms with van der Waals surface area (Å²) >= 11 is 0. The average Bonchev–Trinajstić information content (AvgIpc) is 2.01. The normalized spacial score (nSPS) is 12.2. The van der Waals surface area contributed by atoms with Crippen LogP contribution in [-0.4, -0.2) is 27.1 Å². The Hall–Kier alpha value is -1.02. The standard InChI is InChI=1S/C7H9F3O4S/c1-3-4-13-5-6(2)14-15(11,12)7(8,9)10/h3H,1-2,4-5H2. The number of rotatable bonds is 6. The lowest BCUT2D eigenvalue weighted by Crippen LogP contribution is -2.25. The summed E-state index contributed by atoms with van der Waals surface area (Å²) in [7, 11) is -5.64. The molecule has 0 unspecified atom stereocenters. The van der Waals surface area contributed by atoms with E-state index in [-0.39, 0.29) is 6.61 Å². The first-order valence-corrected chi connectivity index (χ1v) is 4.98. The Morgan fingerprint density at radius 1 is 1.40 bits per heavy atom. The highest BCUT2D eigenvalue weighted by Crippen LogP contribution is 2.26. The molecule has 0 heterocycles. The molecule has 0 radical (unpaired) electrons. The summed E-state index contributed by atoms with van der Waals surface area (Å²) in [4.78, 5) is 0. The van der Waals surface area contributed by atoms with Crippen LogP contribution in [0, 0.1) is 0 Å². The van der Waals surface area contributed by atoms with Gasteiger partial charge in [-0.2, -0.15) is 21.6 Å². The van der Waals surface area contributed by atoms with E-state index in [4.69, 9.17) is 0 Å². The highest BCUT2D eigenvalue weighted by Gasteiger charge is 2.48. The van der Waals surface area contributed by atoms with Crippen LogP contribution in [0.2, 0.25) is 0 Å². The second-order valence-electron chi connectivity index (χ2n) is 2.33. The quantitative estimate of drug-likeness (QED) is 0.235. The maximum absolute atomic E-state index is 11.8. The van der Waals surface area contributed by atoms with E-state index >= 15 is 0 Å². The molecule has 0 rings (SSSR count). The molecule has 0 saturated heterocycles. The van der Waals surface area contributed by atoms with Crippen LogP contribution >= 0.6 is 0 Å². The maximum atomic E-state index is 11.8. The molecular weight excluding hydrogens is 237 g/mol. The van der Waals surface area contributed by atoms with Crippen molar-refractivity contribution in [1.29, 1.82) is 0 Å². The van der Waals surface area contributed by atoms with Crippen molar-refractivity contribution in [3.05, 3.63) is 25.0 Å². The predicted octanol–water partition coefficient (Wildman–Crippen LogP) is 1.57. The van der Waals surface area contributed by atoms with E-state index in [0.717, 1.165) is 0 Å². The molecule has 0 aliphatic carbocycles. The van der Waals surface area contributed by atoms with Crippen molar-refractivity contribution in [2.45, 2.75) is 5.51 Å². The van der Waals surface area contributed by atoms with E-state index in [9.17, 15) is 21.6 Å². The largest absolute Gasteiger partial charge is 0.534 e. The predicted molar refractivity (Wildman–Crippen MR) is 46.2 cm³/mol. The van der Waals surface area contributed by atoms with Gasteiger partial charge in [0.1, 0.15) is 12.4 Å². The summed E-state index contributed by atoms with van der Waals surface area (Å²) in [6.45, 7) is 5.84. The minimum Gasteiger partial charge on any atom is -0.379 e. The third-order valence-corrected chi connectivity index (χ3v) is 2.03. The molecule has 0 bridgehead atoms. The van der Waals surface area contributed by atoms with Gasteiger partial charge in [0, 0.05) is 0 Å². The number of ether oxygens (including phenoxy) is 1. The number of halogens is 3. The van der Waals surface area contributed by atoms with Crippen molar-refractivity contribution >= 4 is 10.1 Å². The maximum Gasteiger partial charge on any atom is 0.534 e. The van der Waals surface area contributed by atoms with Crippen LogP contribution < -0.4 is 0 Å². The van der Waals surface area contributed by atoms with E-state index in [1.54, 1.807) is 0 Å². The molecule has 0 aromatic rings. The van der Waals surface area contributed by atoms with Crippen molar-refractivity contribution in [1.82, 2.24) is 0 Å². The summed E-state index contributed by atoms with van der Waals surface area (Å²) in [5, 5.41) is 0. The monoisotopic (exact) mass is 246 g/mol. The number of hydrogen-bond acceptors (Lipinski definition) is 4. The Morgan fingerprint density at radius 3 is 2.33 bits per heavy atom. The fourth-order valence-electron chi connectivity index (χ4n) is 0.483. The van der Waals surface area contributed by atoms with Gasteiger partial charge < -0.3 is 8.92 Å². The van der Waals surface area contributed by atoms with Gasteiger partial charge in [-0.15, -0.1) is 6.58 Å². The molecule has 0 spiro atoms. The second kappa shape index (κ2) is 5.17. The summed E-state index contributed by atoms with van der Waals surface area (Å²) in [5.74, 6) is -0.644. The van der Waals surface area contributed by atoms with Crippen LogP contribution in [0.4, 0.5) is 13.2 Å². The number of alkyl halides is 3. The van der Waals surface area contributed by atoms with Crippen LogP contribution in [0.3, 0.4) is 0 Å². The third-order valence-electron chi connectivity index (χ3n) is 1.01. The lowest BCUT2D eigenvalue weighted by atomic mass is 10.6. The Morgan fingerprint density at radius 2 is 1.93 bits per heavy atom. The molecule has 0 aromatic heterocycles. The van der Waals surface area contributed by atoms with Crippen molar-refractivity contribution < 1.29 is 30.5 Å². The fourth-order valence-corrected chi connectivity index (χ4v) is 0.935. The molecular formula is C7H9F3O4S. The minimum atomic E-state index is -5.64. The fraction of sp³-hybridized carbons (Fsp3) is 0.429. The Labute approximate surface area is 85.1 Å². The van der Waals surface area contributed by atoms with Crippen molar-refractivity contribution in [2.75, 3.05) is 13.2 Å². The van der Waals surface area contributed by atoms with Gasteiger partial charge in [0.25, 0.3) is 0 Å². The van der Waals surface area contributed by atoms with Gasteiger partial charge in [-0.25, -0.2) is 0 Å². The van der Waals surface area contributed by atoms with E-state index < -0.39 is 28.0 Å². The summed E-state index contributed by atoms with van der Waals surface area (Å²) < 4.78 is 64.4. The summed E-state index contributed by atoms with van der Waals surface area (Å²) in [6.07, 6.45) is 1.34. The third kappa shape index (κ3) is 4.84. The van der Waals surface area contributed by atoms with E-state index in [2.05, 4.69) is 22.1 Å². The van der Waals surface area contributed by atoms with Gasteiger partial charge in [0.15, 0.2) is 0 Å². The highest BCUT2D eigenvalue weighted by molar-refractivity contribution is 7.87. The van der Waals surface area contributed by atoms with Crippen LogP contribution in [0.1, 0.15) is 0 Å². The smallest absolute Gasteiger partial charge is 0.379 e. The summed E-state index contributed by atoms with van der Waals surface area (Å²) in [6, 6.07) is 0. The molecule has 0 fully saturated rings. The number of hydrogen-bond donors (Lipinski definition) is 0. The first-order valence-electron chi connectivity index (χ1n) is 3.58. The second-order valence-corrected chi connectivity index (χ2v) is 3.86. The minimum absolute atomic E-state index is 0.0500. The topological polar surface area (TPSA) is 52.6 Å². The molecule has 88 valence electrons. The zero-order valence-corrected chi connectivity index (χ0v) is 8.40. The van der Waals surface area contributed by atoms with Crippen LogP contribution in [-0.2, 0) is 19.0 Å². The molecule has 8 heteroatoms. The van der Waals surface area contributed by atoms with Gasteiger partial charge in [-0.1, -0.05) is 12.7 Å². The molecule has 0 aliphatic heterocycles. The van der Waals surface area contributed by atoms with Gasteiger partial charge in [-0.3, -0.25) is 0 Å². The lowest BCUT2D eigenvalue weighted by molar-refractivity contribution is -0.0528. The van der Waals surface area contributed by atoms with E-state index in [0.29, 0.717) is 0 Å². The first-order chi connectivity index (χ1) is 6.70. The lowest BCUT2D eigenvalue weighted by Gasteiger charge is -2.10. The van der Waals surface area contributed by atoms with Crippen LogP contribution in [0.15, 0.2) is 25.0 Å². The zero-order valence-electron chi connectivity index (χ0n) is 7.58. The molecule has 0 amide bonds. The van der Waals surface area contributed by atoms with Gasteiger partial charge in [0.05, 0.1) is 6.61 Å². The summed E-state index contributed by atoms with van der Waals surface area (Å²) in [5.41, 5.74) is -5.46. The molecule has 0 atom stereocenters. The molecule has 0 saturated carbocycles. The van der Waals surface area contributed by atoms with Crippen LogP contribution in [0.5, 0.6) is 0 Å². The van der Waals surface area contributed by atoms with Crippen molar-refractivity contribution in [3.8, 4) is 0 Å². The Bertz CT molecular complexity index is 331. The van der Waals surface area contributed by atoms with Gasteiger partial charge >= 0.3 is 15.6 Å². The van der Waals surface area contributed by atoms with Crippen molar-refractivity contribution in [2.24, 2.45) is 0 Å². The van der Waals surface area contributed by atoms with E-state index in [1.807, 2.05) is 0 Å². The molecule has 0 aliphatic rings. The molecule has 15 heavy (non-hydrogen) atoms. The molecule has 0 N–H and O–H groups in total. The molecule has 0 aromatic carbocycles. The molecule has 4 nitrogen and oxygen atoms in total. The Kier molecular flexibility index (Phi) is 4.82. The average molecular weight is 246 g/mol. The van der Waals surface area contributed by atoms with Gasteiger partial charge in [0.2, 0.25) is 0 Å². The van der Waals surface area contributed by atoms with E-state index in [1.165, 1.54) is 6.08 Å². The zero-order chi connectivity index (χ0) is 12.1. The first kappa shape index (κ1) is 14.0. The van der Waals surface area contributed by atoms with Crippen molar-refractivity contribution in [3.63, 3.8) is 0 Å². The van der Waals surface area contributed by atoms with Crippen LogP contribution in [0.25, 0.3) is 0 Å². The van der Waals surface area contributed by atoms with Gasteiger partial charge in [-0.05, 0) is 0 Å². The SMILES string of the molecule is C=CCOCC(=C)OS(=O)(=O)C(F)(F)F. The highest BCUT2D eigenvalue weighted by atomic mass is 32.2. The Balaban J connectivity index is 4.24.